The molecular weight excluding hydrogens is 172 g/mol. The van der Waals surface area contributed by atoms with Crippen molar-refractivity contribution in [2.75, 3.05) is 5.73 Å². The topological polar surface area (TPSA) is 38.9 Å². The van der Waals surface area contributed by atoms with Gasteiger partial charge in [-0.25, -0.2) is 4.98 Å². The molecule has 1 heterocycles. The molecule has 0 unspecified atom stereocenters. The minimum absolute atomic E-state index is 0.000972. The minimum Gasteiger partial charge on any atom is -0.399 e. The minimum atomic E-state index is -0.000972. The summed E-state index contributed by atoms with van der Waals surface area (Å²) >= 11 is 5.77. The van der Waals surface area contributed by atoms with E-state index in [0.29, 0.717) is 10.8 Å². The van der Waals surface area contributed by atoms with Gasteiger partial charge < -0.3 is 5.73 Å². The van der Waals surface area contributed by atoms with Crippen LogP contribution in [0.2, 0.25) is 5.15 Å². The van der Waals surface area contributed by atoms with Gasteiger partial charge in [-0.1, -0.05) is 32.4 Å². The number of anilines is 1. The van der Waals surface area contributed by atoms with Crippen molar-refractivity contribution in [3.05, 3.63) is 23.0 Å². The molecule has 66 valence electrons. The van der Waals surface area contributed by atoms with E-state index in [1.165, 1.54) is 0 Å². The molecule has 0 atom stereocenters. The Morgan fingerprint density at radius 2 is 1.92 bits per heavy atom. The first-order valence-electron chi connectivity index (χ1n) is 3.83. The summed E-state index contributed by atoms with van der Waals surface area (Å²) < 4.78 is 0. The van der Waals surface area contributed by atoms with Crippen molar-refractivity contribution < 1.29 is 0 Å². The third-order valence-electron chi connectivity index (χ3n) is 1.58. The second-order valence-corrected chi connectivity index (χ2v) is 4.25. The summed E-state index contributed by atoms with van der Waals surface area (Å²) in [6.07, 6.45) is 0. The van der Waals surface area contributed by atoms with E-state index in [9.17, 15) is 0 Å². The summed E-state index contributed by atoms with van der Waals surface area (Å²) in [4.78, 5) is 4.19. The standard InChI is InChI=1S/C9H13ClN2/c1-9(2,3)7-4-6(11)5-8(10)12-7/h4-5H,1-3H3,(H2,11,12). The maximum Gasteiger partial charge on any atom is 0.131 e. The Hall–Kier alpha value is -0.760. The molecule has 0 spiro atoms. The molecule has 0 aliphatic heterocycles. The first-order chi connectivity index (χ1) is 5.39. The molecule has 1 aromatic rings. The van der Waals surface area contributed by atoms with E-state index in [4.69, 9.17) is 17.3 Å². The molecule has 3 heteroatoms. The van der Waals surface area contributed by atoms with Gasteiger partial charge >= 0.3 is 0 Å². The van der Waals surface area contributed by atoms with Crippen molar-refractivity contribution in [3.63, 3.8) is 0 Å². The molecule has 0 saturated carbocycles. The quantitative estimate of drug-likeness (QED) is 0.630. The molecule has 0 saturated heterocycles. The Morgan fingerprint density at radius 3 is 2.33 bits per heavy atom. The van der Waals surface area contributed by atoms with E-state index in [2.05, 4.69) is 25.8 Å². The maximum absolute atomic E-state index is 5.77. The third kappa shape index (κ3) is 2.11. The van der Waals surface area contributed by atoms with Gasteiger partial charge in [0.05, 0.1) is 0 Å². The number of halogens is 1. The van der Waals surface area contributed by atoms with E-state index in [-0.39, 0.29) is 5.41 Å². The average molecular weight is 185 g/mol. The Balaban J connectivity index is 3.18. The van der Waals surface area contributed by atoms with Crippen LogP contribution in [-0.2, 0) is 5.41 Å². The van der Waals surface area contributed by atoms with Crippen LogP contribution in [0.5, 0.6) is 0 Å². The molecule has 0 radical (unpaired) electrons. The summed E-state index contributed by atoms with van der Waals surface area (Å²) in [6, 6.07) is 3.50. The molecule has 0 aliphatic carbocycles. The van der Waals surface area contributed by atoms with Crippen LogP contribution < -0.4 is 5.73 Å². The summed E-state index contributed by atoms with van der Waals surface area (Å²) in [6.45, 7) is 6.22. The van der Waals surface area contributed by atoms with Crippen LogP contribution >= 0.6 is 11.6 Å². The summed E-state index contributed by atoms with van der Waals surface area (Å²) in [7, 11) is 0. The molecule has 2 N–H and O–H groups in total. The van der Waals surface area contributed by atoms with Crippen molar-refractivity contribution in [2.45, 2.75) is 26.2 Å². The second kappa shape index (κ2) is 2.94. The zero-order valence-electron chi connectivity index (χ0n) is 7.56. The van der Waals surface area contributed by atoms with E-state index in [0.717, 1.165) is 5.69 Å². The van der Waals surface area contributed by atoms with E-state index in [1.54, 1.807) is 6.07 Å². The van der Waals surface area contributed by atoms with Gasteiger partial charge in [0.2, 0.25) is 0 Å². The van der Waals surface area contributed by atoms with Crippen LogP contribution in [0.3, 0.4) is 0 Å². The van der Waals surface area contributed by atoms with E-state index in [1.807, 2.05) is 6.07 Å². The fourth-order valence-corrected chi connectivity index (χ4v) is 1.12. The van der Waals surface area contributed by atoms with Crippen LogP contribution in [0.25, 0.3) is 0 Å². The van der Waals surface area contributed by atoms with Gasteiger partial charge in [-0.2, -0.15) is 0 Å². The molecule has 0 aromatic carbocycles. The molecular formula is C9H13ClN2. The number of nitrogens with zero attached hydrogens (tertiary/aromatic N) is 1. The molecule has 12 heavy (non-hydrogen) atoms. The molecule has 0 fully saturated rings. The zero-order chi connectivity index (χ0) is 9.35. The van der Waals surface area contributed by atoms with Crippen molar-refractivity contribution in [1.82, 2.24) is 4.98 Å². The van der Waals surface area contributed by atoms with Crippen LogP contribution in [0.4, 0.5) is 5.69 Å². The lowest BCUT2D eigenvalue weighted by molar-refractivity contribution is 0.569. The Bertz CT molecular complexity index is 269. The molecule has 0 aliphatic rings. The van der Waals surface area contributed by atoms with Crippen LogP contribution in [0, 0.1) is 0 Å². The van der Waals surface area contributed by atoms with Crippen LogP contribution in [0.1, 0.15) is 26.5 Å². The summed E-state index contributed by atoms with van der Waals surface area (Å²) in [5.74, 6) is 0. The number of rotatable bonds is 0. The number of pyridine rings is 1. The fraction of sp³-hybridized carbons (Fsp3) is 0.444. The average Bonchev–Trinajstić information content (AvgIpc) is 1.82. The molecule has 0 bridgehead atoms. The highest BCUT2D eigenvalue weighted by Gasteiger charge is 2.15. The first kappa shape index (κ1) is 9.33. The van der Waals surface area contributed by atoms with E-state index < -0.39 is 0 Å². The monoisotopic (exact) mass is 184 g/mol. The molecule has 2 nitrogen and oxygen atoms in total. The zero-order valence-corrected chi connectivity index (χ0v) is 8.31. The molecule has 1 rings (SSSR count). The lowest BCUT2D eigenvalue weighted by atomic mass is 9.91. The Morgan fingerprint density at radius 1 is 1.33 bits per heavy atom. The molecule has 0 amide bonds. The fourth-order valence-electron chi connectivity index (χ4n) is 0.901. The highest BCUT2D eigenvalue weighted by Crippen LogP contribution is 2.23. The number of hydrogen-bond acceptors (Lipinski definition) is 2. The molecule has 1 aromatic heterocycles. The lowest BCUT2D eigenvalue weighted by Crippen LogP contribution is -2.13. The predicted molar refractivity (Wildman–Crippen MR) is 52.4 cm³/mol. The van der Waals surface area contributed by atoms with Crippen molar-refractivity contribution >= 4 is 17.3 Å². The van der Waals surface area contributed by atoms with Crippen molar-refractivity contribution in [3.8, 4) is 0 Å². The number of nitrogens with two attached hydrogens (primary N) is 1. The maximum atomic E-state index is 5.77. The van der Waals surface area contributed by atoms with Crippen molar-refractivity contribution in [1.29, 1.82) is 0 Å². The van der Waals surface area contributed by atoms with Gasteiger partial charge in [0.1, 0.15) is 5.15 Å². The van der Waals surface area contributed by atoms with E-state index >= 15 is 0 Å². The van der Waals surface area contributed by atoms with Gasteiger partial charge in [-0.15, -0.1) is 0 Å². The number of aromatic nitrogens is 1. The first-order valence-corrected chi connectivity index (χ1v) is 4.21. The van der Waals surface area contributed by atoms with Crippen LogP contribution in [-0.4, -0.2) is 4.98 Å². The van der Waals surface area contributed by atoms with Gasteiger partial charge in [-0.05, 0) is 12.1 Å². The predicted octanol–water partition coefficient (Wildman–Crippen LogP) is 2.61. The smallest absolute Gasteiger partial charge is 0.131 e. The highest BCUT2D eigenvalue weighted by molar-refractivity contribution is 6.29. The van der Waals surface area contributed by atoms with Gasteiger partial charge in [0.25, 0.3) is 0 Å². The normalized spacial score (nSPS) is 11.7. The highest BCUT2D eigenvalue weighted by atomic mass is 35.5. The van der Waals surface area contributed by atoms with Crippen molar-refractivity contribution in [2.24, 2.45) is 0 Å². The SMILES string of the molecule is CC(C)(C)c1cc(N)cc(Cl)n1. The van der Waals surface area contributed by atoms with Gasteiger partial charge in [0, 0.05) is 16.8 Å². The van der Waals surface area contributed by atoms with Gasteiger partial charge in [0.15, 0.2) is 0 Å². The van der Waals surface area contributed by atoms with Gasteiger partial charge in [-0.3, -0.25) is 0 Å². The number of hydrogen-bond donors (Lipinski definition) is 1. The summed E-state index contributed by atoms with van der Waals surface area (Å²) in [5, 5.41) is 0.458. The summed E-state index contributed by atoms with van der Waals surface area (Å²) in [5.41, 5.74) is 7.22. The Kier molecular flexibility index (Phi) is 2.29. The third-order valence-corrected chi connectivity index (χ3v) is 1.78. The lowest BCUT2D eigenvalue weighted by Gasteiger charge is -2.17. The van der Waals surface area contributed by atoms with Crippen LogP contribution in [0.15, 0.2) is 12.1 Å². The number of nitrogen functional groups attached to an aromatic ring is 1. The second-order valence-electron chi connectivity index (χ2n) is 3.86. The largest absolute Gasteiger partial charge is 0.399 e. The Labute approximate surface area is 77.8 Å².